The largest absolute Gasteiger partial charge is 0.426 e. The van der Waals surface area contributed by atoms with Crippen LogP contribution in [-0.2, 0) is 9.84 Å². The monoisotopic (exact) mass is 200 g/mol. The topological polar surface area (TPSA) is 34.1 Å². The van der Waals surface area contributed by atoms with Crippen molar-refractivity contribution < 1.29 is 21.6 Å². The Kier molecular flexibility index (Phi) is 2.20. The second-order valence-corrected chi connectivity index (χ2v) is 4.60. The molecule has 0 bridgehead atoms. The van der Waals surface area contributed by atoms with Crippen molar-refractivity contribution >= 4 is 9.84 Å². The zero-order chi connectivity index (χ0) is 9.41. The van der Waals surface area contributed by atoms with Gasteiger partial charge < -0.3 is 0 Å². The molecule has 1 heterocycles. The third-order valence-corrected chi connectivity index (χ3v) is 3.46. The third-order valence-electron chi connectivity index (χ3n) is 1.56. The van der Waals surface area contributed by atoms with E-state index in [0.29, 0.717) is 0 Å². The van der Waals surface area contributed by atoms with Gasteiger partial charge in [0.2, 0.25) is 0 Å². The Labute approximate surface area is 68.0 Å². The molecule has 0 unspecified atom stereocenters. The average Bonchev–Trinajstić information content (AvgIpc) is 1.83. The lowest BCUT2D eigenvalue weighted by molar-refractivity contribution is -0.0848. The number of halogens is 3. The van der Waals surface area contributed by atoms with Crippen molar-refractivity contribution in [3.05, 3.63) is 11.0 Å². The van der Waals surface area contributed by atoms with E-state index in [-0.39, 0.29) is 12.8 Å². The molecule has 0 saturated carbocycles. The highest BCUT2D eigenvalue weighted by molar-refractivity contribution is 7.95. The average molecular weight is 200 g/mol. The molecule has 70 valence electrons. The molecule has 0 aliphatic carbocycles. The van der Waals surface area contributed by atoms with Crippen LogP contribution in [0.15, 0.2) is 11.0 Å². The van der Waals surface area contributed by atoms with Crippen molar-refractivity contribution in [1.82, 2.24) is 0 Å². The predicted molar refractivity (Wildman–Crippen MR) is 37.2 cm³/mol. The van der Waals surface area contributed by atoms with Crippen LogP contribution in [-0.4, -0.2) is 20.3 Å². The molecule has 12 heavy (non-hydrogen) atoms. The summed E-state index contributed by atoms with van der Waals surface area (Å²) in [5, 5.41) is 0. The van der Waals surface area contributed by atoms with Crippen LogP contribution in [0.2, 0.25) is 0 Å². The number of hydrogen-bond donors (Lipinski definition) is 0. The van der Waals surface area contributed by atoms with E-state index in [4.69, 9.17) is 0 Å². The minimum absolute atomic E-state index is 0.189. The smallest absolute Gasteiger partial charge is 0.224 e. The van der Waals surface area contributed by atoms with E-state index in [0.717, 1.165) is 6.08 Å². The quantitative estimate of drug-likeness (QED) is 0.595. The number of allylic oxidation sites excluding steroid dienone is 2. The molecule has 0 spiro atoms. The van der Waals surface area contributed by atoms with Crippen molar-refractivity contribution in [3.8, 4) is 0 Å². The van der Waals surface area contributed by atoms with E-state index in [1.807, 2.05) is 0 Å². The number of hydrogen-bond acceptors (Lipinski definition) is 2. The van der Waals surface area contributed by atoms with Gasteiger partial charge in [-0.25, -0.2) is 8.42 Å². The van der Waals surface area contributed by atoms with E-state index in [9.17, 15) is 21.6 Å². The Morgan fingerprint density at radius 1 is 1.33 bits per heavy atom. The SMILES string of the molecule is O=S1(=O)CCCC=C1C(F)(F)F. The summed E-state index contributed by atoms with van der Waals surface area (Å²) in [4.78, 5) is -1.37. The fraction of sp³-hybridized carbons (Fsp3) is 0.667. The van der Waals surface area contributed by atoms with Gasteiger partial charge in [0, 0.05) is 0 Å². The minimum Gasteiger partial charge on any atom is -0.224 e. The molecule has 1 aliphatic rings. The Hall–Kier alpha value is -0.520. The molecule has 0 fully saturated rings. The molecule has 1 aliphatic heterocycles. The Balaban J connectivity index is 3.11. The molecule has 0 aromatic heterocycles. The van der Waals surface area contributed by atoms with Crippen LogP contribution in [0.5, 0.6) is 0 Å². The summed E-state index contributed by atoms with van der Waals surface area (Å²) in [5.74, 6) is -0.391. The van der Waals surface area contributed by atoms with Gasteiger partial charge in [0.25, 0.3) is 0 Å². The van der Waals surface area contributed by atoms with Crippen molar-refractivity contribution in [3.63, 3.8) is 0 Å². The van der Waals surface area contributed by atoms with Gasteiger partial charge in [0.15, 0.2) is 9.84 Å². The highest BCUT2D eigenvalue weighted by Gasteiger charge is 2.42. The maximum absolute atomic E-state index is 12.0. The second-order valence-electron chi connectivity index (χ2n) is 2.53. The Morgan fingerprint density at radius 2 is 1.92 bits per heavy atom. The lowest BCUT2D eigenvalue weighted by Gasteiger charge is -2.15. The van der Waals surface area contributed by atoms with Gasteiger partial charge in [-0.05, 0) is 12.8 Å². The summed E-state index contributed by atoms with van der Waals surface area (Å²) in [7, 11) is -4.05. The first-order valence-corrected chi connectivity index (χ1v) is 4.99. The van der Waals surface area contributed by atoms with Crippen LogP contribution >= 0.6 is 0 Å². The zero-order valence-corrected chi connectivity index (χ0v) is 6.87. The van der Waals surface area contributed by atoms with E-state index in [2.05, 4.69) is 0 Å². The summed E-state index contributed by atoms with van der Waals surface area (Å²) in [6.07, 6.45) is -3.51. The van der Waals surface area contributed by atoms with E-state index in [1.54, 1.807) is 0 Å². The van der Waals surface area contributed by atoms with Crippen LogP contribution in [0.1, 0.15) is 12.8 Å². The van der Waals surface area contributed by atoms with Gasteiger partial charge in [-0.3, -0.25) is 0 Å². The molecular formula is C6H7F3O2S. The molecule has 0 saturated heterocycles. The lowest BCUT2D eigenvalue weighted by Crippen LogP contribution is -2.25. The van der Waals surface area contributed by atoms with Gasteiger partial charge in [0.1, 0.15) is 4.91 Å². The molecule has 2 nitrogen and oxygen atoms in total. The summed E-state index contributed by atoms with van der Waals surface area (Å²) in [6, 6.07) is 0. The first-order valence-electron chi connectivity index (χ1n) is 3.34. The zero-order valence-electron chi connectivity index (χ0n) is 6.06. The van der Waals surface area contributed by atoms with Crippen LogP contribution in [0.4, 0.5) is 13.2 Å². The van der Waals surface area contributed by atoms with E-state index < -0.39 is 26.7 Å². The van der Waals surface area contributed by atoms with Crippen LogP contribution in [0.25, 0.3) is 0 Å². The molecule has 6 heteroatoms. The molecule has 0 radical (unpaired) electrons. The summed E-state index contributed by atoms with van der Waals surface area (Å²) < 4.78 is 57.6. The fourth-order valence-corrected chi connectivity index (χ4v) is 2.53. The highest BCUT2D eigenvalue weighted by Crippen LogP contribution is 2.33. The second kappa shape index (κ2) is 2.76. The Morgan fingerprint density at radius 3 is 2.25 bits per heavy atom. The molecule has 1 rings (SSSR count). The van der Waals surface area contributed by atoms with Crippen molar-refractivity contribution in [2.75, 3.05) is 5.75 Å². The first-order chi connectivity index (χ1) is 5.34. The first kappa shape index (κ1) is 9.57. The number of alkyl halides is 3. The number of sulfone groups is 1. The van der Waals surface area contributed by atoms with Gasteiger partial charge in [-0.15, -0.1) is 0 Å². The van der Waals surface area contributed by atoms with Gasteiger partial charge >= 0.3 is 6.18 Å². The van der Waals surface area contributed by atoms with Gasteiger partial charge in [-0.2, -0.15) is 13.2 Å². The third kappa shape index (κ3) is 1.80. The van der Waals surface area contributed by atoms with Crippen molar-refractivity contribution in [2.24, 2.45) is 0 Å². The van der Waals surface area contributed by atoms with Crippen LogP contribution < -0.4 is 0 Å². The molecule has 0 N–H and O–H groups in total. The Bertz CT molecular complexity index is 299. The minimum atomic E-state index is -4.72. The van der Waals surface area contributed by atoms with Crippen LogP contribution in [0, 0.1) is 0 Å². The highest BCUT2D eigenvalue weighted by atomic mass is 32.2. The number of rotatable bonds is 0. The van der Waals surface area contributed by atoms with E-state index in [1.165, 1.54) is 0 Å². The maximum Gasteiger partial charge on any atom is 0.426 e. The van der Waals surface area contributed by atoms with Crippen LogP contribution in [0.3, 0.4) is 0 Å². The summed E-state index contributed by atoms with van der Waals surface area (Å²) >= 11 is 0. The molecule has 0 atom stereocenters. The van der Waals surface area contributed by atoms with Gasteiger partial charge in [-0.1, -0.05) is 6.08 Å². The summed E-state index contributed by atoms with van der Waals surface area (Å²) in [6.45, 7) is 0. The molecular weight excluding hydrogens is 193 g/mol. The van der Waals surface area contributed by atoms with Gasteiger partial charge in [0.05, 0.1) is 5.75 Å². The van der Waals surface area contributed by atoms with E-state index >= 15 is 0 Å². The lowest BCUT2D eigenvalue weighted by atomic mass is 10.3. The van der Waals surface area contributed by atoms with Crippen molar-refractivity contribution in [1.29, 1.82) is 0 Å². The summed E-state index contributed by atoms with van der Waals surface area (Å²) in [5.41, 5.74) is 0. The standard InChI is InChI=1S/C6H7F3O2S/c7-6(8,9)5-3-1-2-4-12(5,10)11/h3H,1-2,4H2. The molecule has 0 amide bonds. The maximum atomic E-state index is 12.0. The molecule has 0 aromatic rings. The molecule has 0 aromatic carbocycles. The van der Waals surface area contributed by atoms with Crippen molar-refractivity contribution in [2.45, 2.75) is 19.0 Å². The fourth-order valence-electron chi connectivity index (χ4n) is 1.04. The normalized spacial score (nSPS) is 23.4. The predicted octanol–water partition coefficient (Wildman–Crippen LogP) is 1.64.